The van der Waals surface area contributed by atoms with Crippen LogP contribution in [0.3, 0.4) is 0 Å². The highest BCUT2D eigenvalue weighted by Crippen LogP contribution is 2.17. The molecule has 0 aliphatic heterocycles. The second-order valence-electron chi connectivity index (χ2n) is 5.76. The lowest BCUT2D eigenvalue weighted by Crippen LogP contribution is -2.44. The molecule has 1 unspecified atom stereocenters. The fourth-order valence-corrected chi connectivity index (χ4v) is 1.87. The predicted molar refractivity (Wildman–Crippen MR) is 74.5 cm³/mol. The first-order chi connectivity index (χ1) is 9.21. The average molecular weight is 291 g/mol. The van der Waals surface area contributed by atoms with Crippen LogP contribution in [-0.4, -0.2) is 46.9 Å². The van der Waals surface area contributed by atoms with Crippen molar-refractivity contribution >= 4 is 12.1 Å². The molecule has 5 nitrogen and oxygen atoms in total. The lowest BCUT2D eigenvalue weighted by atomic mass is 10.1. The second-order valence-corrected chi connectivity index (χ2v) is 5.76. The van der Waals surface area contributed by atoms with Crippen molar-refractivity contribution in [3.8, 4) is 0 Å². The molecule has 0 bridgehead atoms. The van der Waals surface area contributed by atoms with Gasteiger partial charge in [-0.25, -0.2) is 4.79 Å². The third-order valence-corrected chi connectivity index (χ3v) is 2.61. The van der Waals surface area contributed by atoms with E-state index in [0.717, 1.165) is 0 Å². The second kappa shape index (κ2) is 8.76. The molecule has 0 aliphatic carbocycles. The monoisotopic (exact) mass is 291 g/mol. The molecule has 0 aromatic heterocycles. The number of amides is 1. The van der Waals surface area contributed by atoms with Crippen LogP contribution in [0.5, 0.6) is 0 Å². The number of aliphatic carboxylic acids is 1. The minimum Gasteiger partial charge on any atom is -0.481 e. The van der Waals surface area contributed by atoms with Crippen LogP contribution in [0.2, 0.25) is 0 Å². The van der Waals surface area contributed by atoms with Gasteiger partial charge in [-0.2, -0.15) is 0 Å². The molecule has 0 aromatic rings. The van der Waals surface area contributed by atoms with Crippen molar-refractivity contribution in [2.45, 2.75) is 65.0 Å². The van der Waals surface area contributed by atoms with Crippen molar-refractivity contribution in [3.05, 3.63) is 0 Å². The molecule has 0 saturated carbocycles. The first-order valence-corrected chi connectivity index (χ1v) is 6.98. The Kier molecular flexibility index (Phi) is 8.18. The Morgan fingerprint density at radius 2 is 1.95 bits per heavy atom. The van der Waals surface area contributed by atoms with E-state index in [2.05, 4.69) is 0 Å². The van der Waals surface area contributed by atoms with Gasteiger partial charge in [-0.3, -0.25) is 9.18 Å². The summed E-state index contributed by atoms with van der Waals surface area (Å²) in [6.45, 7) is 7.03. The summed E-state index contributed by atoms with van der Waals surface area (Å²) >= 11 is 0. The molecule has 0 saturated heterocycles. The van der Waals surface area contributed by atoms with Crippen molar-refractivity contribution < 1.29 is 23.8 Å². The van der Waals surface area contributed by atoms with Gasteiger partial charge in [-0.05, 0) is 40.0 Å². The Balaban J connectivity index is 4.93. The van der Waals surface area contributed by atoms with Crippen molar-refractivity contribution in [2.75, 3.05) is 13.2 Å². The van der Waals surface area contributed by atoms with Gasteiger partial charge in [-0.15, -0.1) is 0 Å². The predicted octanol–water partition coefficient (Wildman–Crippen LogP) is 3.23. The summed E-state index contributed by atoms with van der Waals surface area (Å²) in [6.07, 6.45) is 0.511. The molecule has 1 N–H and O–H groups in total. The van der Waals surface area contributed by atoms with Crippen molar-refractivity contribution in [1.82, 2.24) is 4.90 Å². The summed E-state index contributed by atoms with van der Waals surface area (Å²) in [6, 6.07) is -0.530. The summed E-state index contributed by atoms with van der Waals surface area (Å²) in [5, 5.41) is 8.94. The molecule has 0 aromatic carbocycles. The largest absolute Gasteiger partial charge is 0.481 e. The van der Waals surface area contributed by atoms with Gasteiger partial charge in [0.05, 0.1) is 13.1 Å². The number of halogens is 1. The van der Waals surface area contributed by atoms with Crippen molar-refractivity contribution in [3.63, 3.8) is 0 Å². The average Bonchev–Trinajstić information content (AvgIpc) is 2.28. The van der Waals surface area contributed by atoms with E-state index in [9.17, 15) is 14.0 Å². The SMILES string of the molecule is CCCN(C(=O)OC(C)(C)C)C(CCCF)CC(=O)O. The maximum Gasteiger partial charge on any atom is 0.410 e. The Bertz CT molecular complexity index is 315. The van der Waals surface area contributed by atoms with E-state index in [4.69, 9.17) is 9.84 Å². The van der Waals surface area contributed by atoms with Crippen LogP contribution in [-0.2, 0) is 9.53 Å². The molecule has 118 valence electrons. The lowest BCUT2D eigenvalue weighted by molar-refractivity contribution is -0.138. The highest BCUT2D eigenvalue weighted by molar-refractivity contribution is 5.71. The third kappa shape index (κ3) is 7.96. The van der Waals surface area contributed by atoms with E-state index in [-0.39, 0.29) is 12.8 Å². The highest BCUT2D eigenvalue weighted by Gasteiger charge is 2.28. The number of carboxylic acid groups (broad SMARTS) is 1. The quantitative estimate of drug-likeness (QED) is 0.745. The van der Waals surface area contributed by atoms with Gasteiger partial charge in [0.25, 0.3) is 0 Å². The van der Waals surface area contributed by atoms with Crippen LogP contribution < -0.4 is 0 Å². The van der Waals surface area contributed by atoms with Crippen molar-refractivity contribution in [1.29, 1.82) is 0 Å². The molecule has 1 atom stereocenters. The minimum atomic E-state index is -1.00. The van der Waals surface area contributed by atoms with Gasteiger partial charge in [-0.1, -0.05) is 6.92 Å². The number of carboxylic acids is 1. The molecule has 0 aliphatic rings. The van der Waals surface area contributed by atoms with Gasteiger partial charge >= 0.3 is 12.1 Å². The molecular weight excluding hydrogens is 265 g/mol. The van der Waals surface area contributed by atoms with Crippen LogP contribution in [0, 0.1) is 0 Å². The standard InChI is InChI=1S/C14H26FNO4/c1-5-9-16(13(19)20-14(2,3)4)11(7-6-8-15)10-12(17)18/h11H,5-10H2,1-4H3,(H,17,18). The molecular formula is C14H26FNO4. The summed E-state index contributed by atoms with van der Waals surface area (Å²) < 4.78 is 17.6. The Hall–Kier alpha value is -1.33. The Morgan fingerprint density at radius 1 is 1.35 bits per heavy atom. The van der Waals surface area contributed by atoms with Crippen molar-refractivity contribution in [2.24, 2.45) is 0 Å². The first kappa shape index (κ1) is 18.7. The number of nitrogens with zero attached hydrogens (tertiary/aromatic N) is 1. The molecule has 6 heteroatoms. The van der Waals surface area contributed by atoms with Crippen LogP contribution in [0.4, 0.5) is 9.18 Å². The van der Waals surface area contributed by atoms with E-state index < -0.39 is 30.4 Å². The van der Waals surface area contributed by atoms with Crippen LogP contribution in [0.15, 0.2) is 0 Å². The fourth-order valence-electron chi connectivity index (χ4n) is 1.87. The topological polar surface area (TPSA) is 66.8 Å². The summed E-state index contributed by atoms with van der Waals surface area (Å²) in [7, 11) is 0. The van der Waals surface area contributed by atoms with Crippen LogP contribution in [0.1, 0.15) is 53.4 Å². The maximum atomic E-state index is 12.3. The van der Waals surface area contributed by atoms with Crippen LogP contribution >= 0.6 is 0 Å². The lowest BCUT2D eigenvalue weighted by Gasteiger charge is -2.32. The molecule has 20 heavy (non-hydrogen) atoms. The molecule has 0 heterocycles. The van der Waals surface area contributed by atoms with Gasteiger partial charge in [0.1, 0.15) is 5.60 Å². The number of ether oxygens (including phenoxy) is 1. The minimum absolute atomic E-state index is 0.195. The Labute approximate surface area is 120 Å². The molecule has 0 spiro atoms. The smallest absolute Gasteiger partial charge is 0.410 e. The van der Waals surface area contributed by atoms with Gasteiger partial charge in [0, 0.05) is 12.6 Å². The van der Waals surface area contributed by atoms with E-state index in [1.165, 1.54) is 4.90 Å². The highest BCUT2D eigenvalue weighted by atomic mass is 19.1. The summed E-state index contributed by atoms with van der Waals surface area (Å²) in [4.78, 5) is 24.5. The zero-order chi connectivity index (χ0) is 15.8. The fraction of sp³-hybridized carbons (Fsp3) is 0.857. The number of alkyl halides is 1. The van der Waals surface area contributed by atoms with Gasteiger partial charge in [0.15, 0.2) is 0 Å². The summed E-state index contributed by atoms with van der Waals surface area (Å²) in [5.74, 6) is -1.00. The molecule has 0 rings (SSSR count). The zero-order valence-corrected chi connectivity index (χ0v) is 12.8. The van der Waals surface area contributed by atoms with E-state index in [1.54, 1.807) is 20.8 Å². The number of hydrogen-bond acceptors (Lipinski definition) is 3. The van der Waals surface area contributed by atoms with E-state index in [0.29, 0.717) is 19.4 Å². The molecule has 0 fully saturated rings. The van der Waals surface area contributed by atoms with Crippen LogP contribution in [0.25, 0.3) is 0 Å². The van der Waals surface area contributed by atoms with Gasteiger partial charge in [0.2, 0.25) is 0 Å². The third-order valence-electron chi connectivity index (χ3n) is 2.61. The molecule has 0 radical (unpaired) electrons. The number of carbonyl (C=O) groups excluding carboxylic acids is 1. The van der Waals surface area contributed by atoms with Gasteiger partial charge < -0.3 is 14.7 Å². The van der Waals surface area contributed by atoms with E-state index >= 15 is 0 Å². The summed E-state index contributed by atoms with van der Waals surface area (Å²) in [5.41, 5.74) is -0.642. The maximum absolute atomic E-state index is 12.3. The first-order valence-electron chi connectivity index (χ1n) is 6.98. The number of carbonyl (C=O) groups is 2. The van der Waals surface area contributed by atoms with E-state index in [1.807, 2.05) is 6.92 Å². The normalized spacial score (nSPS) is 12.8. The zero-order valence-electron chi connectivity index (χ0n) is 12.8. The Morgan fingerprint density at radius 3 is 2.35 bits per heavy atom. The number of rotatable bonds is 8. The molecule has 1 amide bonds. The number of hydrogen-bond donors (Lipinski definition) is 1.